The number of hydrogen-bond acceptors (Lipinski definition) is 3. The highest BCUT2D eigenvalue weighted by Crippen LogP contribution is 2.31. The van der Waals surface area contributed by atoms with E-state index in [1.54, 1.807) is 7.11 Å². The molecule has 2 atom stereocenters. The molecule has 0 saturated carbocycles. The van der Waals surface area contributed by atoms with Gasteiger partial charge in [-0.1, -0.05) is 30.3 Å². The van der Waals surface area contributed by atoms with Gasteiger partial charge in [0.15, 0.2) is 0 Å². The van der Waals surface area contributed by atoms with Gasteiger partial charge in [0, 0.05) is 36.1 Å². The number of carbonyl (C=O) groups excluding carboxylic acids is 1. The molecule has 1 amide bonds. The van der Waals surface area contributed by atoms with Crippen molar-refractivity contribution in [1.29, 1.82) is 0 Å². The lowest BCUT2D eigenvalue weighted by atomic mass is 9.90. The second-order valence-corrected chi connectivity index (χ2v) is 6.64. The average Bonchev–Trinajstić information content (AvgIpc) is 3.12. The molecule has 3 aromatic rings. The van der Waals surface area contributed by atoms with Crippen molar-refractivity contribution >= 4 is 16.8 Å². The number of nitrogens with one attached hydrogen (secondary N) is 3. The summed E-state index contributed by atoms with van der Waals surface area (Å²) >= 11 is 0. The zero-order valence-electron chi connectivity index (χ0n) is 16.1. The number of H-pyrrole nitrogens is 1. The molecule has 0 unspecified atom stereocenters. The predicted molar refractivity (Wildman–Crippen MR) is 109 cm³/mol. The number of ether oxygens (including phenoxy) is 1. The Balaban J connectivity index is 1.90. The van der Waals surface area contributed by atoms with E-state index < -0.39 is 0 Å². The first kappa shape index (κ1) is 19.0. The number of hydrogen-bond donors (Lipinski definition) is 3. The normalized spacial score (nSPS) is 13.3. The van der Waals surface area contributed by atoms with Crippen molar-refractivity contribution in [2.75, 3.05) is 20.2 Å². The number of aromatic nitrogens is 1. The van der Waals surface area contributed by atoms with Gasteiger partial charge in [-0.3, -0.25) is 4.79 Å². The maximum Gasteiger partial charge on any atom is 0.236 e. The minimum absolute atomic E-state index is 0.0184. The van der Waals surface area contributed by atoms with Crippen LogP contribution in [0.15, 0.2) is 54.7 Å². The predicted octanol–water partition coefficient (Wildman–Crippen LogP) is 3.42. The fourth-order valence-corrected chi connectivity index (χ4v) is 3.34. The fourth-order valence-electron chi connectivity index (χ4n) is 3.34. The molecule has 0 spiro atoms. The van der Waals surface area contributed by atoms with Gasteiger partial charge in [0.25, 0.3) is 0 Å². The van der Waals surface area contributed by atoms with Gasteiger partial charge in [-0.2, -0.15) is 0 Å². The van der Waals surface area contributed by atoms with Crippen LogP contribution in [0.2, 0.25) is 0 Å². The highest BCUT2D eigenvalue weighted by Gasteiger charge is 2.20. The average molecular weight is 365 g/mol. The van der Waals surface area contributed by atoms with Crippen LogP contribution in [-0.4, -0.2) is 37.1 Å². The van der Waals surface area contributed by atoms with Crippen molar-refractivity contribution in [3.05, 3.63) is 65.9 Å². The molecule has 0 aliphatic carbocycles. The minimum Gasteiger partial charge on any atom is -0.497 e. The van der Waals surface area contributed by atoms with Crippen molar-refractivity contribution in [3.63, 3.8) is 0 Å². The van der Waals surface area contributed by atoms with Crippen LogP contribution in [0.4, 0.5) is 0 Å². The standard InChI is InChI=1S/C22H27N3O2/c1-4-23-22(26)15(2)24-13-19(16-9-11-17(27-3)12-10-16)20-14-25-21-8-6-5-7-18(20)21/h5-12,14-15,19,24-25H,4,13H2,1-3H3,(H,23,26)/t15-,19-/m0/s1. The van der Waals surface area contributed by atoms with E-state index in [1.165, 1.54) is 16.5 Å². The first-order valence-electron chi connectivity index (χ1n) is 9.35. The van der Waals surface area contributed by atoms with Gasteiger partial charge in [-0.25, -0.2) is 0 Å². The summed E-state index contributed by atoms with van der Waals surface area (Å²) in [5.41, 5.74) is 3.50. The molecule has 0 saturated heterocycles. The fraction of sp³-hybridized carbons (Fsp3) is 0.318. The Morgan fingerprint density at radius 3 is 2.59 bits per heavy atom. The molecular weight excluding hydrogens is 338 g/mol. The molecule has 5 heteroatoms. The Hall–Kier alpha value is -2.79. The molecule has 2 aromatic carbocycles. The largest absolute Gasteiger partial charge is 0.497 e. The first-order chi connectivity index (χ1) is 13.1. The van der Waals surface area contributed by atoms with Gasteiger partial charge in [-0.15, -0.1) is 0 Å². The first-order valence-corrected chi connectivity index (χ1v) is 9.35. The lowest BCUT2D eigenvalue weighted by molar-refractivity contribution is -0.122. The highest BCUT2D eigenvalue weighted by atomic mass is 16.5. The zero-order chi connectivity index (χ0) is 19.2. The zero-order valence-corrected chi connectivity index (χ0v) is 16.1. The van der Waals surface area contributed by atoms with Gasteiger partial charge in [-0.05, 0) is 43.2 Å². The maximum absolute atomic E-state index is 12.1. The van der Waals surface area contributed by atoms with Crippen LogP contribution < -0.4 is 15.4 Å². The summed E-state index contributed by atoms with van der Waals surface area (Å²) in [5, 5.41) is 7.45. The van der Waals surface area contributed by atoms with Crippen LogP contribution in [0, 0.1) is 0 Å². The smallest absolute Gasteiger partial charge is 0.236 e. The Kier molecular flexibility index (Phi) is 6.14. The van der Waals surface area contributed by atoms with Crippen LogP contribution in [0.3, 0.4) is 0 Å². The number of benzene rings is 2. The molecule has 27 heavy (non-hydrogen) atoms. The third kappa shape index (κ3) is 4.31. The second kappa shape index (κ2) is 8.73. The van der Waals surface area contributed by atoms with Gasteiger partial charge >= 0.3 is 0 Å². The summed E-state index contributed by atoms with van der Waals surface area (Å²) in [4.78, 5) is 15.4. The molecule has 0 aliphatic rings. The van der Waals surface area contributed by atoms with Gasteiger partial charge < -0.3 is 20.4 Å². The summed E-state index contributed by atoms with van der Waals surface area (Å²) in [6, 6.07) is 16.2. The van der Waals surface area contributed by atoms with Crippen LogP contribution in [0.25, 0.3) is 10.9 Å². The quantitative estimate of drug-likeness (QED) is 0.573. The number of carbonyl (C=O) groups is 1. The number of para-hydroxylation sites is 1. The van der Waals surface area contributed by atoms with Crippen LogP contribution in [-0.2, 0) is 4.79 Å². The minimum atomic E-state index is -0.254. The van der Waals surface area contributed by atoms with Crippen molar-refractivity contribution in [3.8, 4) is 5.75 Å². The van der Waals surface area contributed by atoms with E-state index >= 15 is 0 Å². The second-order valence-electron chi connectivity index (χ2n) is 6.64. The Morgan fingerprint density at radius 2 is 1.89 bits per heavy atom. The topological polar surface area (TPSA) is 66.2 Å². The van der Waals surface area contributed by atoms with E-state index in [9.17, 15) is 4.79 Å². The number of amides is 1. The summed E-state index contributed by atoms with van der Waals surface area (Å²) in [6.45, 7) is 5.11. The molecule has 1 heterocycles. The molecular formula is C22H27N3O2. The molecule has 5 nitrogen and oxygen atoms in total. The molecule has 1 aromatic heterocycles. The number of likely N-dealkylation sites (N-methyl/N-ethyl adjacent to an activating group) is 1. The SMILES string of the molecule is CCNC(=O)[C@H](C)NC[C@@H](c1ccc(OC)cc1)c1c[nH]c2ccccc12. The van der Waals surface area contributed by atoms with Crippen LogP contribution in [0.1, 0.15) is 30.9 Å². The molecule has 3 N–H and O–H groups in total. The molecule has 142 valence electrons. The van der Waals surface area contributed by atoms with Crippen LogP contribution in [0.5, 0.6) is 5.75 Å². The van der Waals surface area contributed by atoms with Gasteiger partial charge in [0.1, 0.15) is 5.75 Å². The van der Waals surface area contributed by atoms with E-state index in [0.29, 0.717) is 13.1 Å². The molecule has 0 radical (unpaired) electrons. The molecule has 3 rings (SSSR count). The summed E-state index contributed by atoms with van der Waals surface area (Å²) < 4.78 is 5.29. The van der Waals surface area contributed by atoms with Gasteiger partial charge in [0.05, 0.1) is 13.2 Å². The van der Waals surface area contributed by atoms with Gasteiger partial charge in [0.2, 0.25) is 5.91 Å². The van der Waals surface area contributed by atoms with E-state index in [2.05, 4.69) is 52.1 Å². The Bertz CT molecular complexity index is 886. The van der Waals surface area contributed by atoms with Crippen molar-refractivity contribution in [2.24, 2.45) is 0 Å². The monoisotopic (exact) mass is 365 g/mol. The van der Waals surface area contributed by atoms with Crippen molar-refractivity contribution < 1.29 is 9.53 Å². The lowest BCUT2D eigenvalue weighted by Crippen LogP contribution is -2.43. The van der Waals surface area contributed by atoms with E-state index in [1.807, 2.05) is 32.0 Å². The third-order valence-corrected chi connectivity index (χ3v) is 4.89. The maximum atomic E-state index is 12.1. The number of aromatic amines is 1. The molecule has 0 bridgehead atoms. The number of fused-ring (bicyclic) bond motifs is 1. The van der Waals surface area contributed by atoms with E-state index in [0.717, 1.165) is 11.3 Å². The lowest BCUT2D eigenvalue weighted by Gasteiger charge is -2.21. The van der Waals surface area contributed by atoms with E-state index in [4.69, 9.17) is 4.74 Å². The number of methoxy groups -OCH3 is 1. The summed E-state index contributed by atoms with van der Waals surface area (Å²) in [5.74, 6) is 0.967. The summed E-state index contributed by atoms with van der Waals surface area (Å²) in [6.07, 6.45) is 2.07. The van der Waals surface area contributed by atoms with Crippen LogP contribution >= 0.6 is 0 Å². The third-order valence-electron chi connectivity index (χ3n) is 4.89. The van der Waals surface area contributed by atoms with Crippen molar-refractivity contribution in [2.45, 2.75) is 25.8 Å². The highest BCUT2D eigenvalue weighted by molar-refractivity contribution is 5.84. The molecule has 0 aliphatic heterocycles. The number of rotatable bonds is 8. The Morgan fingerprint density at radius 1 is 1.15 bits per heavy atom. The van der Waals surface area contributed by atoms with Crippen molar-refractivity contribution in [1.82, 2.24) is 15.6 Å². The summed E-state index contributed by atoms with van der Waals surface area (Å²) in [7, 11) is 1.67. The Labute approximate surface area is 160 Å². The molecule has 0 fully saturated rings. The van der Waals surface area contributed by atoms with E-state index in [-0.39, 0.29) is 17.9 Å².